The molecule has 0 aliphatic heterocycles. The van der Waals surface area contributed by atoms with Crippen molar-refractivity contribution in [2.24, 2.45) is 0 Å². The first-order valence-electron chi connectivity index (χ1n) is 4.09. The van der Waals surface area contributed by atoms with Crippen LogP contribution in [0.3, 0.4) is 0 Å². The molecule has 1 aromatic rings. The van der Waals surface area contributed by atoms with Crippen LogP contribution in [0, 0.1) is 18.6 Å². The summed E-state index contributed by atoms with van der Waals surface area (Å²) in [7, 11) is 0. The van der Waals surface area contributed by atoms with E-state index in [1.807, 2.05) is 0 Å². The molecule has 0 fully saturated rings. The summed E-state index contributed by atoms with van der Waals surface area (Å²) in [6.45, 7) is 5.52. The van der Waals surface area contributed by atoms with Crippen molar-refractivity contribution in [3.63, 3.8) is 0 Å². The third-order valence-corrected chi connectivity index (χ3v) is 1.70. The average Bonchev–Trinajstić information content (AvgIpc) is 2.14. The number of rotatable bonds is 3. The van der Waals surface area contributed by atoms with Gasteiger partial charge in [-0.3, -0.25) is 0 Å². The van der Waals surface area contributed by atoms with Gasteiger partial charge in [-0.25, -0.2) is 4.39 Å². The van der Waals surface area contributed by atoms with Gasteiger partial charge in [-0.05, 0) is 18.6 Å². The summed E-state index contributed by atoms with van der Waals surface area (Å²) in [5.74, 6) is -1.83. The van der Waals surface area contributed by atoms with Crippen molar-refractivity contribution in [1.29, 1.82) is 0 Å². The largest absolute Gasteiger partial charge is 2.00 e. The van der Waals surface area contributed by atoms with Gasteiger partial charge >= 0.3 is 23.1 Å². The normalized spacial score (nSPS) is 8.80. The average molecular weight is 289 g/mol. The van der Waals surface area contributed by atoms with E-state index in [4.69, 9.17) is 4.74 Å². The number of halogens is 3. The second kappa shape index (κ2) is 8.30. The molecule has 15 heavy (non-hydrogen) atoms. The van der Waals surface area contributed by atoms with Gasteiger partial charge in [0.2, 0.25) is 5.82 Å². The molecular formula is C10H11BrF2MgO. The second-order valence-corrected chi connectivity index (χ2v) is 2.53. The van der Waals surface area contributed by atoms with Crippen LogP contribution in [0.4, 0.5) is 8.78 Å². The van der Waals surface area contributed by atoms with Crippen molar-refractivity contribution in [2.75, 3.05) is 6.61 Å². The molecule has 5 heteroatoms. The Hall–Kier alpha value is 0.126. The first-order valence-corrected chi connectivity index (χ1v) is 4.09. The predicted octanol–water partition coefficient (Wildman–Crippen LogP) is -0.637. The molecule has 0 aliphatic rings. The summed E-state index contributed by atoms with van der Waals surface area (Å²) in [6.07, 6.45) is 0.231. The van der Waals surface area contributed by atoms with Crippen LogP contribution in [0.15, 0.2) is 12.1 Å². The smallest absolute Gasteiger partial charge is 1.00 e. The van der Waals surface area contributed by atoms with E-state index in [9.17, 15) is 8.78 Å². The van der Waals surface area contributed by atoms with Crippen molar-refractivity contribution in [3.8, 4) is 5.75 Å². The molecular weight excluding hydrogens is 278 g/mol. The van der Waals surface area contributed by atoms with E-state index in [1.165, 1.54) is 12.1 Å². The Morgan fingerprint density at radius 1 is 1.27 bits per heavy atom. The molecule has 80 valence electrons. The van der Waals surface area contributed by atoms with E-state index in [0.717, 1.165) is 0 Å². The molecule has 0 saturated carbocycles. The maximum Gasteiger partial charge on any atom is 2.00 e. The van der Waals surface area contributed by atoms with Crippen LogP contribution in [0.25, 0.3) is 0 Å². The van der Waals surface area contributed by atoms with Crippen LogP contribution in [0.1, 0.15) is 12.5 Å². The molecule has 0 unspecified atom stereocenters. The molecule has 1 aromatic carbocycles. The van der Waals surface area contributed by atoms with Crippen molar-refractivity contribution in [3.05, 3.63) is 36.3 Å². The number of hydrogen-bond donors (Lipinski definition) is 0. The molecule has 0 heterocycles. The zero-order valence-electron chi connectivity index (χ0n) is 8.53. The quantitative estimate of drug-likeness (QED) is 0.531. The standard InChI is InChI=1S/C10H11F2O.BrH.Mg/c1-3-7-5-6-8(13-4-2)10(12)9(7)11;;/h5-6H,1,3-4H2,2H3;1H;/q-1;;+2/p-1. The zero-order chi connectivity index (χ0) is 9.84. The first kappa shape index (κ1) is 17.5. The number of benzene rings is 1. The summed E-state index contributed by atoms with van der Waals surface area (Å²) >= 11 is 0. The van der Waals surface area contributed by atoms with E-state index in [0.29, 0.717) is 6.61 Å². The predicted molar refractivity (Wildman–Crippen MR) is 52.3 cm³/mol. The Morgan fingerprint density at radius 3 is 2.33 bits per heavy atom. The van der Waals surface area contributed by atoms with Crippen LogP contribution >= 0.6 is 0 Å². The fraction of sp³-hybridized carbons (Fsp3) is 0.300. The summed E-state index contributed by atoms with van der Waals surface area (Å²) in [6, 6.07) is 2.90. The van der Waals surface area contributed by atoms with E-state index in [-0.39, 0.29) is 57.8 Å². The van der Waals surface area contributed by atoms with E-state index >= 15 is 0 Å². The molecule has 0 aromatic heterocycles. The molecule has 0 radical (unpaired) electrons. The van der Waals surface area contributed by atoms with E-state index in [1.54, 1.807) is 6.92 Å². The molecule has 0 spiro atoms. The summed E-state index contributed by atoms with van der Waals surface area (Å²) < 4.78 is 31.1. The first-order chi connectivity index (χ1) is 6.20. The molecule has 0 saturated heterocycles. The van der Waals surface area contributed by atoms with Gasteiger partial charge in [0.05, 0.1) is 6.61 Å². The molecule has 0 aliphatic carbocycles. The topological polar surface area (TPSA) is 9.23 Å². The minimum atomic E-state index is -0.928. The van der Waals surface area contributed by atoms with Crippen molar-refractivity contribution in [1.82, 2.24) is 0 Å². The fourth-order valence-corrected chi connectivity index (χ4v) is 1.03. The van der Waals surface area contributed by atoms with Gasteiger partial charge in [0, 0.05) is 0 Å². The molecule has 0 bridgehead atoms. The minimum absolute atomic E-state index is 0. The minimum Gasteiger partial charge on any atom is -1.00 e. The molecule has 1 nitrogen and oxygen atoms in total. The Kier molecular flexibility index (Phi) is 9.69. The van der Waals surface area contributed by atoms with Gasteiger partial charge in [-0.15, -0.1) is 0 Å². The van der Waals surface area contributed by atoms with Crippen LogP contribution in [0.2, 0.25) is 0 Å². The van der Waals surface area contributed by atoms with Crippen LogP contribution in [0.5, 0.6) is 5.75 Å². The Labute approximate surface area is 115 Å². The summed E-state index contributed by atoms with van der Waals surface area (Å²) in [4.78, 5) is 0. The Bertz CT molecular complexity index is 308. The summed E-state index contributed by atoms with van der Waals surface area (Å²) in [5, 5.41) is 0. The molecule has 0 N–H and O–H groups in total. The number of hydrogen-bond acceptors (Lipinski definition) is 1. The molecule has 1 rings (SSSR count). The van der Waals surface area contributed by atoms with Gasteiger partial charge < -0.3 is 28.6 Å². The van der Waals surface area contributed by atoms with Gasteiger partial charge in [0.25, 0.3) is 0 Å². The van der Waals surface area contributed by atoms with Gasteiger partial charge in [-0.2, -0.15) is 10.8 Å². The van der Waals surface area contributed by atoms with Crippen molar-refractivity contribution in [2.45, 2.75) is 13.3 Å². The van der Waals surface area contributed by atoms with E-state index < -0.39 is 11.6 Å². The second-order valence-electron chi connectivity index (χ2n) is 2.53. The molecule has 0 amide bonds. The number of ether oxygens (including phenoxy) is 1. The van der Waals surface area contributed by atoms with E-state index in [2.05, 4.69) is 6.92 Å². The molecule has 0 atom stereocenters. The van der Waals surface area contributed by atoms with Crippen LogP contribution in [-0.2, 0) is 6.42 Å². The maximum atomic E-state index is 13.1. The summed E-state index contributed by atoms with van der Waals surface area (Å²) in [5.41, 5.74) is 0.265. The van der Waals surface area contributed by atoms with Crippen molar-refractivity contribution < 1.29 is 30.5 Å². The van der Waals surface area contributed by atoms with Gasteiger partial charge in [0.15, 0.2) is 11.6 Å². The zero-order valence-corrected chi connectivity index (χ0v) is 11.5. The van der Waals surface area contributed by atoms with Gasteiger partial charge in [0.1, 0.15) is 0 Å². The monoisotopic (exact) mass is 288 g/mol. The van der Waals surface area contributed by atoms with Crippen molar-refractivity contribution >= 4 is 23.1 Å². The third kappa shape index (κ3) is 4.24. The SMILES string of the molecule is [Br-].[CH2-]Cc1ccc(OCC)c(F)c1F.[Mg+2]. The fourth-order valence-electron chi connectivity index (χ4n) is 1.03. The Balaban J connectivity index is 0. The van der Waals surface area contributed by atoms with Gasteiger partial charge in [-0.1, -0.05) is 6.07 Å². The third-order valence-electron chi connectivity index (χ3n) is 1.70. The maximum absolute atomic E-state index is 13.1. The van der Waals surface area contributed by atoms with Crippen LogP contribution < -0.4 is 21.7 Å². The van der Waals surface area contributed by atoms with Crippen LogP contribution in [-0.4, -0.2) is 29.7 Å². The Morgan fingerprint density at radius 2 is 1.87 bits per heavy atom.